The predicted molar refractivity (Wildman–Crippen MR) is 113 cm³/mol. The number of nitrogens with zero attached hydrogens (tertiary/aromatic N) is 3. The van der Waals surface area contributed by atoms with Gasteiger partial charge in [-0.05, 0) is 61.2 Å². The molecule has 160 valence electrons. The Balaban J connectivity index is 1.43. The second-order valence-corrected chi connectivity index (χ2v) is 7.54. The summed E-state index contributed by atoms with van der Waals surface area (Å²) in [6, 6.07) is 14.1. The van der Waals surface area contributed by atoms with E-state index in [1.165, 1.54) is 16.6 Å². The topological polar surface area (TPSA) is 85.7 Å². The second-order valence-electron chi connectivity index (χ2n) is 7.54. The number of fused-ring (bicyclic) bond motifs is 1. The number of nitrogens with two attached hydrogens (primary N) is 1. The Kier molecular flexibility index (Phi) is 5.56. The number of nitrogen functional groups attached to an aromatic ring is 1. The minimum Gasteiger partial charge on any atom is -0.490 e. The minimum absolute atomic E-state index is 0.125. The third-order valence-electron chi connectivity index (χ3n) is 5.16. The Morgan fingerprint density at radius 1 is 1.13 bits per heavy atom. The van der Waals surface area contributed by atoms with Gasteiger partial charge in [-0.1, -0.05) is 24.3 Å². The van der Waals surface area contributed by atoms with E-state index in [1.807, 2.05) is 0 Å². The van der Waals surface area contributed by atoms with Crippen molar-refractivity contribution in [1.82, 2.24) is 14.6 Å². The third kappa shape index (κ3) is 4.49. The van der Waals surface area contributed by atoms with Gasteiger partial charge in [0.1, 0.15) is 5.82 Å². The number of benzene rings is 2. The fourth-order valence-electron chi connectivity index (χ4n) is 3.46. The highest BCUT2D eigenvalue weighted by Gasteiger charge is 2.22. The van der Waals surface area contributed by atoms with Crippen molar-refractivity contribution in [1.29, 1.82) is 0 Å². The number of rotatable bonds is 7. The minimum atomic E-state index is -1.13. The highest BCUT2D eigenvalue weighted by Crippen LogP contribution is 2.30. The van der Waals surface area contributed by atoms with E-state index >= 15 is 4.39 Å². The predicted octanol–water partition coefficient (Wildman–Crippen LogP) is 4.32. The maximum Gasteiger partial charge on any atom is 0.240 e. The molecule has 2 heterocycles. The average molecular weight is 424 g/mol. The van der Waals surface area contributed by atoms with E-state index in [2.05, 4.69) is 10.1 Å². The van der Waals surface area contributed by atoms with Crippen LogP contribution >= 0.6 is 0 Å². The number of aromatic nitrogens is 3. The lowest BCUT2D eigenvalue weighted by molar-refractivity contribution is 0.0413. The van der Waals surface area contributed by atoms with Crippen molar-refractivity contribution < 1.29 is 18.6 Å². The largest absolute Gasteiger partial charge is 0.490 e. The molecule has 1 atom stereocenters. The van der Waals surface area contributed by atoms with E-state index in [9.17, 15) is 9.50 Å². The Morgan fingerprint density at radius 3 is 2.68 bits per heavy atom. The standard InChI is InChI=1S/C23H22F2N4O2/c1-23(30,16-6-8-17(24)9-7-16)11-3-13-31-19-5-2-4-18(21(19)25)15-10-12-29-20(14-15)27-22(26)28-29/h2,4-10,12,14,30H,3,11,13H2,1H3,(H2,26,28)/t23-/m1/s1. The SMILES string of the molecule is C[C@@](O)(CCCOc1cccc(-c2ccn3nc(N)nc3c2)c1F)c1ccc(F)cc1. The van der Waals surface area contributed by atoms with Gasteiger partial charge in [0.05, 0.1) is 12.2 Å². The smallest absolute Gasteiger partial charge is 0.240 e. The fraction of sp³-hybridized carbons (Fsp3) is 0.217. The summed E-state index contributed by atoms with van der Waals surface area (Å²) in [5.41, 5.74) is 6.61. The van der Waals surface area contributed by atoms with Crippen LogP contribution < -0.4 is 10.5 Å². The van der Waals surface area contributed by atoms with E-state index in [-0.39, 0.29) is 24.1 Å². The van der Waals surface area contributed by atoms with Crippen LogP contribution in [0.5, 0.6) is 5.75 Å². The van der Waals surface area contributed by atoms with Gasteiger partial charge in [-0.15, -0.1) is 5.10 Å². The molecule has 0 unspecified atom stereocenters. The Labute approximate surface area is 177 Å². The van der Waals surface area contributed by atoms with E-state index in [0.29, 0.717) is 35.2 Å². The van der Waals surface area contributed by atoms with Gasteiger partial charge in [-0.25, -0.2) is 13.3 Å². The molecule has 0 aliphatic heterocycles. The highest BCUT2D eigenvalue weighted by atomic mass is 19.1. The number of ether oxygens (including phenoxy) is 1. The van der Waals surface area contributed by atoms with Gasteiger partial charge >= 0.3 is 0 Å². The van der Waals surface area contributed by atoms with E-state index in [0.717, 1.165) is 0 Å². The summed E-state index contributed by atoms with van der Waals surface area (Å²) < 4.78 is 35.3. The molecule has 2 aromatic heterocycles. The summed E-state index contributed by atoms with van der Waals surface area (Å²) in [5.74, 6) is -0.569. The molecule has 8 heteroatoms. The molecule has 0 bridgehead atoms. The number of halogens is 2. The number of anilines is 1. The first kappa shape index (κ1) is 20.7. The van der Waals surface area contributed by atoms with Crippen molar-refractivity contribution in [2.75, 3.05) is 12.3 Å². The molecule has 4 rings (SSSR count). The van der Waals surface area contributed by atoms with Crippen molar-refractivity contribution in [3.05, 3.63) is 78.0 Å². The van der Waals surface area contributed by atoms with Crippen LogP contribution in [-0.2, 0) is 5.60 Å². The molecule has 2 aromatic carbocycles. The first-order valence-electron chi connectivity index (χ1n) is 9.85. The molecular formula is C23H22F2N4O2. The molecular weight excluding hydrogens is 402 g/mol. The lowest BCUT2D eigenvalue weighted by atomic mass is 9.91. The summed E-state index contributed by atoms with van der Waals surface area (Å²) in [6.45, 7) is 1.88. The van der Waals surface area contributed by atoms with Crippen LogP contribution in [0, 0.1) is 11.6 Å². The molecule has 0 fully saturated rings. The van der Waals surface area contributed by atoms with Gasteiger partial charge in [-0.3, -0.25) is 0 Å². The Morgan fingerprint density at radius 2 is 1.90 bits per heavy atom. The lowest BCUT2D eigenvalue weighted by Crippen LogP contribution is -2.22. The van der Waals surface area contributed by atoms with Crippen LogP contribution in [-0.4, -0.2) is 26.3 Å². The average Bonchev–Trinajstić information content (AvgIpc) is 3.12. The monoisotopic (exact) mass is 424 g/mol. The number of hydrogen-bond donors (Lipinski definition) is 2. The zero-order valence-corrected chi connectivity index (χ0v) is 16.9. The van der Waals surface area contributed by atoms with Gasteiger partial charge in [0, 0.05) is 11.8 Å². The zero-order chi connectivity index (χ0) is 22.0. The van der Waals surface area contributed by atoms with Crippen LogP contribution in [0.3, 0.4) is 0 Å². The fourth-order valence-corrected chi connectivity index (χ4v) is 3.46. The van der Waals surface area contributed by atoms with Crippen molar-refractivity contribution in [3.63, 3.8) is 0 Å². The summed E-state index contributed by atoms with van der Waals surface area (Å²) in [5, 5.41) is 14.6. The normalized spacial score (nSPS) is 13.3. The lowest BCUT2D eigenvalue weighted by Gasteiger charge is -2.24. The van der Waals surface area contributed by atoms with Gasteiger partial charge in [0.25, 0.3) is 0 Å². The van der Waals surface area contributed by atoms with Crippen molar-refractivity contribution in [2.24, 2.45) is 0 Å². The molecule has 0 spiro atoms. The van der Waals surface area contributed by atoms with E-state index in [1.54, 1.807) is 55.6 Å². The van der Waals surface area contributed by atoms with E-state index < -0.39 is 11.4 Å². The van der Waals surface area contributed by atoms with Crippen LogP contribution in [0.4, 0.5) is 14.7 Å². The molecule has 0 amide bonds. The summed E-state index contributed by atoms with van der Waals surface area (Å²) in [6.07, 6.45) is 2.53. The summed E-state index contributed by atoms with van der Waals surface area (Å²) in [4.78, 5) is 4.10. The van der Waals surface area contributed by atoms with Gasteiger partial charge in [-0.2, -0.15) is 4.98 Å². The molecule has 4 aromatic rings. The van der Waals surface area contributed by atoms with Gasteiger partial charge in [0.2, 0.25) is 5.95 Å². The highest BCUT2D eigenvalue weighted by molar-refractivity contribution is 5.69. The molecule has 3 N–H and O–H groups in total. The maximum atomic E-state index is 15.1. The van der Waals surface area contributed by atoms with Crippen LogP contribution in [0.15, 0.2) is 60.8 Å². The molecule has 0 saturated carbocycles. The summed E-state index contributed by atoms with van der Waals surface area (Å²) >= 11 is 0. The first-order chi connectivity index (χ1) is 14.8. The molecule has 0 saturated heterocycles. The summed E-state index contributed by atoms with van der Waals surface area (Å²) in [7, 11) is 0. The number of hydrogen-bond acceptors (Lipinski definition) is 5. The van der Waals surface area contributed by atoms with Crippen LogP contribution in [0.1, 0.15) is 25.3 Å². The maximum absolute atomic E-state index is 15.1. The Bertz CT molecular complexity index is 1210. The quantitative estimate of drug-likeness (QED) is 0.432. The van der Waals surface area contributed by atoms with Crippen molar-refractivity contribution in [2.45, 2.75) is 25.4 Å². The Hall–Kier alpha value is -3.52. The third-order valence-corrected chi connectivity index (χ3v) is 5.16. The molecule has 6 nitrogen and oxygen atoms in total. The molecule has 0 aliphatic carbocycles. The van der Waals surface area contributed by atoms with Crippen molar-refractivity contribution in [3.8, 4) is 16.9 Å². The molecule has 0 aliphatic rings. The number of pyridine rings is 1. The molecule has 0 radical (unpaired) electrons. The van der Waals surface area contributed by atoms with Crippen molar-refractivity contribution >= 4 is 11.6 Å². The second kappa shape index (κ2) is 8.31. The van der Waals surface area contributed by atoms with E-state index in [4.69, 9.17) is 10.5 Å². The molecule has 31 heavy (non-hydrogen) atoms. The van der Waals surface area contributed by atoms with Gasteiger partial charge in [0.15, 0.2) is 17.2 Å². The van der Waals surface area contributed by atoms with Crippen LogP contribution in [0.2, 0.25) is 0 Å². The first-order valence-corrected chi connectivity index (χ1v) is 9.85. The number of aliphatic hydroxyl groups is 1. The van der Waals surface area contributed by atoms with Gasteiger partial charge < -0.3 is 15.6 Å². The van der Waals surface area contributed by atoms with Crippen LogP contribution in [0.25, 0.3) is 16.8 Å². The zero-order valence-electron chi connectivity index (χ0n) is 16.9.